The molecule has 0 radical (unpaired) electrons. The predicted molar refractivity (Wildman–Crippen MR) is 57.1 cm³/mol. The minimum atomic E-state index is -0.278. The topological polar surface area (TPSA) is 70.7 Å². The zero-order valence-corrected chi connectivity index (χ0v) is 8.19. The number of benzene rings is 1. The Labute approximate surface area is 86.2 Å². The normalized spacial score (nSPS) is 9.93. The van der Waals surface area contributed by atoms with Crippen molar-refractivity contribution < 1.29 is 0 Å². The lowest BCUT2D eigenvalue weighted by Gasteiger charge is -2.04. The summed E-state index contributed by atoms with van der Waals surface area (Å²) in [5.74, 6) is 0.341. The molecule has 15 heavy (non-hydrogen) atoms. The lowest BCUT2D eigenvalue weighted by atomic mass is 10.2. The highest BCUT2D eigenvalue weighted by Gasteiger charge is 1.96. The van der Waals surface area contributed by atoms with Gasteiger partial charge in [0.05, 0.1) is 0 Å². The summed E-state index contributed by atoms with van der Waals surface area (Å²) in [5.41, 5.74) is 1.72. The Balaban J connectivity index is 2.26. The van der Waals surface area contributed by atoms with Crippen LogP contribution in [0.15, 0.2) is 35.3 Å². The largest absolute Gasteiger partial charge is 0.324 e. The molecule has 76 valence electrons. The summed E-state index contributed by atoms with van der Waals surface area (Å²) in [6.07, 6.45) is 1.13. The summed E-state index contributed by atoms with van der Waals surface area (Å²) < 4.78 is 0. The standard InChI is InChI=1S/C10H10N4O/c1-7-3-2-4-8(5-7)12-10-13-9(15)6-11-14-10/h2-6H,1H3,(H2,12,13,14,15). The van der Waals surface area contributed by atoms with Crippen molar-refractivity contribution in [3.63, 3.8) is 0 Å². The second-order valence-corrected chi connectivity index (χ2v) is 3.18. The number of hydrogen-bond acceptors (Lipinski definition) is 4. The van der Waals surface area contributed by atoms with Crippen molar-refractivity contribution in [3.05, 3.63) is 46.4 Å². The summed E-state index contributed by atoms with van der Waals surface area (Å²) in [6, 6.07) is 7.75. The van der Waals surface area contributed by atoms with E-state index >= 15 is 0 Å². The monoisotopic (exact) mass is 202 g/mol. The maximum Gasteiger partial charge on any atom is 0.271 e. The molecule has 5 heteroatoms. The molecule has 1 aromatic carbocycles. The Morgan fingerprint density at radius 2 is 2.27 bits per heavy atom. The Morgan fingerprint density at radius 1 is 1.40 bits per heavy atom. The van der Waals surface area contributed by atoms with Gasteiger partial charge in [-0.3, -0.25) is 9.78 Å². The molecule has 0 bridgehead atoms. The molecule has 0 saturated carbocycles. The van der Waals surface area contributed by atoms with E-state index in [4.69, 9.17) is 0 Å². The van der Waals surface area contributed by atoms with E-state index in [9.17, 15) is 4.79 Å². The molecule has 0 saturated heterocycles. The van der Waals surface area contributed by atoms with Crippen molar-refractivity contribution >= 4 is 11.6 Å². The number of hydrogen-bond donors (Lipinski definition) is 2. The summed E-state index contributed by atoms with van der Waals surface area (Å²) in [6.45, 7) is 1.99. The van der Waals surface area contributed by atoms with E-state index in [1.165, 1.54) is 0 Å². The lowest BCUT2D eigenvalue weighted by molar-refractivity contribution is 0.953. The van der Waals surface area contributed by atoms with Crippen LogP contribution in [0.5, 0.6) is 0 Å². The summed E-state index contributed by atoms with van der Waals surface area (Å²) in [7, 11) is 0. The first kappa shape index (κ1) is 9.39. The summed E-state index contributed by atoms with van der Waals surface area (Å²) in [4.78, 5) is 13.5. The molecule has 0 atom stereocenters. The molecule has 2 N–H and O–H groups in total. The van der Waals surface area contributed by atoms with Crippen LogP contribution in [-0.4, -0.2) is 15.2 Å². The van der Waals surface area contributed by atoms with Gasteiger partial charge in [0.2, 0.25) is 5.95 Å². The molecule has 0 unspecified atom stereocenters. The first-order chi connectivity index (χ1) is 7.24. The van der Waals surface area contributed by atoms with Crippen LogP contribution in [0.2, 0.25) is 0 Å². The van der Waals surface area contributed by atoms with Gasteiger partial charge in [-0.2, -0.15) is 0 Å². The Bertz CT molecular complexity index is 521. The van der Waals surface area contributed by atoms with Crippen LogP contribution in [0, 0.1) is 6.92 Å². The van der Waals surface area contributed by atoms with E-state index in [1.54, 1.807) is 0 Å². The fourth-order valence-corrected chi connectivity index (χ4v) is 1.23. The van der Waals surface area contributed by atoms with Crippen molar-refractivity contribution in [2.45, 2.75) is 6.92 Å². The van der Waals surface area contributed by atoms with Crippen LogP contribution in [0.25, 0.3) is 0 Å². The number of H-pyrrole nitrogens is 1. The fourth-order valence-electron chi connectivity index (χ4n) is 1.23. The Hall–Kier alpha value is -2.17. The molecule has 0 fully saturated rings. The number of anilines is 2. The highest BCUT2D eigenvalue weighted by molar-refractivity contribution is 5.53. The third-order valence-corrected chi connectivity index (χ3v) is 1.86. The van der Waals surface area contributed by atoms with Gasteiger partial charge in [0.25, 0.3) is 5.56 Å². The van der Waals surface area contributed by atoms with E-state index < -0.39 is 0 Å². The van der Waals surface area contributed by atoms with Crippen LogP contribution in [0.4, 0.5) is 11.6 Å². The van der Waals surface area contributed by atoms with Crippen molar-refractivity contribution in [2.24, 2.45) is 0 Å². The zero-order valence-electron chi connectivity index (χ0n) is 8.19. The maximum atomic E-state index is 10.9. The quantitative estimate of drug-likeness (QED) is 0.768. The highest BCUT2D eigenvalue weighted by Crippen LogP contribution is 2.12. The fraction of sp³-hybridized carbons (Fsp3) is 0.100. The molecular weight excluding hydrogens is 192 g/mol. The third-order valence-electron chi connectivity index (χ3n) is 1.86. The van der Waals surface area contributed by atoms with E-state index in [0.29, 0.717) is 5.95 Å². The first-order valence-electron chi connectivity index (χ1n) is 4.50. The SMILES string of the molecule is Cc1cccc(Nc2nncc(=O)[nH]2)c1. The number of aromatic amines is 1. The number of aryl methyl sites for hydroxylation is 1. The molecule has 5 nitrogen and oxygen atoms in total. The zero-order chi connectivity index (χ0) is 10.7. The summed E-state index contributed by atoms with van der Waals surface area (Å²) in [5, 5.41) is 10.3. The average molecular weight is 202 g/mol. The third kappa shape index (κ3) is 2.40. The van der Waals surface area contributed by atoms with Crippen molar-refractivity contribution in [2.75, 3.05) is 5.32 Å². The van der Waals surface area contributed by atoms with E-state index in [-0.39, 0.29) is 5.56 Å². The predicted octanol–water partition coefficient (Wildman–Crippen LogP) is 1.22. The number of nitrogens with zero attached hydrogens (tertiary/aromatic N) is 2. The maximum absolute atomic E-state index is 10.9. The van der Waals surface area contributed by atoms with Crippen LogP contribution >= 0.6 is 0 Å². The molecule has 1 heterocycles. The molecule has 2 aromatic rings. The molecule has 0 amide bonds. The van der Waals surface area contributed by atoms with Crippen LogP contribution < -0.4 is 10.9 Å². The van der Waals surface area contributed by atoms with Gasteiger partial charge in [-0.05, 0) is 24.6 Å². The van der Waals surface area contributed by atoms with Gasteiger partial charge >= 0.3 is 0 Å². The lowest BCUT2D eigenvalue weighted by Crippen LogP contribution is -2.10. The minimum Gasteiger partial charge on any atom is -0.324 e. The van der Waals surface area contributed by atoms with Gasteiger partial charge < -0.3 is 5.32 Å². The van der Waals surface area contributed by atoms with Crippen LogP contribution in [0.1, 0.15) is 5.56 Å². The average Bonchev–Trinajstić information content (AvgIpc) is 2.17. The molecule has 1 aromatic heterocycles. The van der Waals surface area contributed by atoms with Crippen molar-refractivity contribution in [1.82, 2.24) is 15.2 Å². The van der Waals surface area contributed by atoms with Gasteiger partial charge in [-0.25, -0.2) is 0 Å². The smallest absolute Gasteiger partial charge is 0.271 e. The van der Waals surface area contributed by atoms with E-state index in [1.807, 2.05) is 31.2 Å². The second kappa shape index (κ2) is 3.91. The van der Waals surface area contributed by atoms with Gasteiger partial charge in [0, 0.05) is 5.69 Å². The number of aromatic nitrogens is 3. The Morgan fingerprint density at radius 3 is 3.00 bits per heavy atom. The van der Waals surface area contributed by atoms with Gasteiger partial charge in [0.15, 0.2) is 0 Å². The van der Waals surface area contributed by atoms with E-state index in [0.717, 1.165) is 17.4 Å². The molecular formula is C10H10N4O. The highest BCUT2D eigenvalue weighted by atomic mass is 16.1. The van der Waals surface area contributed by atoms with Gasteiger partial charge in [-0.1, -0.05) is 12.1 Å². The van der Waals surface area contributed by atoms with E-state index in [2.05, 4.69) is 20.5 Å². The number of rotatable bonds is 2. The van der Waals surface area contributed by atoms with Crippen LogP contribution in [-0.2, 0) is 0 Å². The minimum absolute atomic E-state index is 0.278. The van der Waals surface area contributed by atoms with Crippen LogP contribution in [0.3, 0.4) is 0 Å². The van der Waals surface area contributed by atoms with Crippen molar-refractivity contribution in [3.8, 4) is 0 Å². The molecule has 2 rings (SSSR count). The van der Waals surface area contributed by atoms with Gasteiger partial charge in [0.1, 0.15) is 6.20 Å². The molecule has 0 spiro atoms. The van der Waals surface area contributed by atoms with Crippen molar-refractivity contribution in [1.29, 1.82) is 0 Å². The Kier molecular flexibility index (Phi) is 2.45. The number of nitrogens with one attached hydrogen (secondary N) is 2. The molecule has 0 aliphatic rings. The summed E-state index contributed by atoms with van der Waals surface area (Å²) >= 11 is 0. The molecule has 0 aliphatic heterocycles. The first-order valence-corrected chi connectivity index (χ1v) is 4.50. The van der Waals surface area contributed by atoms with Gasteiger partial charge in [-0.15, -0.1) is 10.2 Å². The second-order valence-electron chi connectivity index (χ2n) is 3.18. The molecule has 0 aliphatic carbocycles.